The molecule has 0 saturated carbocycles. The summed E-state index contributed by atoms with van der Waals surface area (Å²) in [6, 6.07) is 20.2. The van der Waals surface area contributed by atoms with Crippen LogP contribution in [0.5, 0.6) is 0 Å². The van der Waals surface area contributed by atoms with Gasteiger partial charge in [-0.15, -0.1) is 0 Å². The molecule has 4 atom stereocenters. The van der Waals surface area contributed by atoms with E-state index in [0.717, 1.165) is 10.4 Å². The first kappa shape index (κ1) is 24.4. The molecule has 2 aromatic rings. The van der Waals surface area contributed by atoms with Crippen molar-refractivity contribution in [3.8, 4) is 0 Å². The Morgan fingerprint density at radius 1 is 1.12 bits per heavy atom. The van der Waals surface area contributed by atoms with Crippen molar-refractivity contribution in [1.29, 1.82) is 0 Å². The van der Waals surface area contributed by atoms with Crippen LogP contribution in [-0.2, 0) is 13.9 Å². The van der Waals surface area contributed by atoms with E-state index in [1.165, 1.54) is 7.11 Å². The Labute approximate surface area is 189 Å². The highest BCUT2D eigenvalue weighted by atomic mass is 28.4. The normalized spacial score (nSPS) is 26.4. The number of azide groups is 1. The van der Waals surface area contributed by atoms with Crippen LogP contribution in [-0.4, -0.2) is 56.5 Å². The monoisotopic (exact) mass is 457 g/mol. The van der Waals surface area contributed by atoms with E-state index in [9.17, 15) is 10.2 Å². The third kappa shape index (κ3) is 4.74. The van der Waals surface area contributed by atoms with E-state index in [4.69, 9.17) is 19.4 Å². The van der Waals surface area contributed by atoms with E-state index in [1.54, 1.807) is 0 Å². The lowest BCUT2D eigenvalue weighted by Crippen LogP contribution is -2.68. The summed E-state index contributed by atoms with van der Waals surface area (Å²) in [5, 5.41) is 26.7. The zero-order valence-electron chi connectivity index (χ0n) is 18.9. The molecule has 172 valence electrons. The second-order valence-electron chi connectivity index (χ2n) is 9.03. The van der Waals surface area contributed by atoms with Gasteiger partial charge in [-0.3, -0.25) is 0 Å². The molecule has 32 heavy (non-hydrogen) atoms. The lowest BCUT2D eigenvalue weighted by Gasteiger charge is -2.46. The van der Waals surface area contributed by atoms with Gasteiger partial charge >= 0.3 is 0 Å². The summed E-state index contributed by atoms with van der Waals surface area (Å²) in [6.45, 7) is 6.42. The van der Waals surface area contributed by atoms with Gasteiger partial charge < -0.3 is 24.1 Å². The van der Waals surface area contributed by atoms with Crippen LogP contribution < -0.4 is 10.4 Å². The molecule has 0 amide bonds. The third-order valence-electron chi connectivity index (χ3n) is 5.95. The maximum atomic E-state index is 10.8. The molecule has 0 bridgehead atoms. The van der Waals surface area contributed by atoms with E-state index >= 15 is 0 Å². The Balaban J connectivity index is 2.03. The van der Waals surface area contributed by atoms with Gasteiger partial charge in [0.05, 0.1) is 12.7 Å². The van der Waals surface area contributed by atoms with Gasteiger partial charge in [0, 0.05) is 18.4 Å². The van der Waals surface area contributed by atoms with Gasteiger partial charge in [-0.05, 0) is 26.1 Å². The highest BCUT2D eigenvalue weighted by molar-refractivity contribution is 6.99. The van der Waals surface area contributed by atoms with Gasteiger partial charge in [0.25, 0.3) is 8.32 Å². The molecule has 0 aromatic heterocycles. The van der Waals surface area contributed by atoms with Crippen molar-refractivity contribution < 1.29 is 24.1 Å². The van der Waals surface area contributed by atoms with Crippen LogP contribution in [0.4, 0.5) is 0 Å². The molecule has 9 heteroatoms. The molecule has 0 radical (unpaired) electrons. The average molecular weight is 458 g/mol. The first-order valence-electron chi connectivity index (χ1n) is 10.6. The van der Waals surface area contributed by atoms with E-state index < -0.39 is 32.5 Å². The topological polar surface area (TPSA) is 117 Å². The molecule has 2 aromatic carbocycles. The van der Waals surface area contributed by atoms with Crippen molar-refractivity contribution in [1.82, 2.24) is 0 Å². The summed E-state index contributed by atoms with van der Waals surface area (Å²) >= 11 is 0. The quantitative estimate of drug-likeness (QED) is 0.287. The summed E-state index contributed by atoms with van der Waals surface area (Å²) in [6.07, 6.45) is -2.96. The molecule has 3 rings (SSSR count). The minimum atomic E-state index is -2.88. The van der Waals surface area contributed by atoms with E-state index in [2.05, 4.69) is 55.1 Å². The van der Waals surface area contributed by atoms with Gasteiger partial charge in [0.1, 0.15) is 12.2 Å². The highest BCUT2D eigenvalue weighted by Crippen LogP contribution is 2.38. The molecule has 1 aliphatic rings. The standard InChI is InChI=1S/C23H31N3O5Si/c1-22(2,3)32(17-11-7-5-8-12-17,18-13-9-6-10-14-18)30-16-20-21(27)19(29-4)15-23(28,31-20)25-26-24/h5-14,19-21,27-28H,15-16H2,1-4H3/t19-,20-,21+,23-/m1/s1. The average Bonchev–Trinajstić information content (AvgIpc) is 2.77. The fourth-order valence-electron chi connectivity index (χ4n) is 4.44. The van der Waals surface area contributed by atoms with Gasteiger partial charge in [0.15, 0.2) is 0 Å². The predicted octanol–water partition coefficient (Wildman–Crippen LogP) is 2.68. The zero-order chi connectivity index (χ0) is 23.4. The SMILES string of the molecule is CO[C@@H]1C[C@](O)(N=[N+]=[N-])O[C@H](CO[Si](c2ccccc2)(c2ccccc2)C(C)(C)C)[C@H]1O. The molecule has 1 fully saturated rings. The first-order chi connectivity index (χ1) is 15.2. The number of aliphatic hydroxyl groups excluding tert-OH is 1. The van der Waals surface area contributed by atoms with Crippen molar-refractivity contribution in [3.05, 3.63) is 71.1 Å². The fourth-order valence-corrected chi connectivity index (χ4v) is 9.01. The number of methoxy groups -OCH3 is 1. The van der Waals surface area contributed by atoms with E-state index in [-0.39, 0.29) is 18.1 Å². The van der Waals surface area contributed by atoms with Crippen molar-refractivity contribution in [2.75, 3.05) is 13.7 Å². The summed E-state index contributed by atoms with van der Waals surface area (Å²) in [4.78, 5) is 2.68. The third-order valence-corrected chi connectivity index (χ3v) is 11.0. The van der Waals surface area contributed by atoms with Crippen LogP contribution in [0, 0.1) is 0 Å². The molecule has 8 nitrogen and oxygen atoms in total. The summed E-state index contributed by atoms with van der Waals surface area (Å²) < 4.78 is 17.8. The predicted molar refractivity (Wildman–Crippen MR) is 124 cm³/mol. The van der Waals surface area contributed by atoms with E-state index in [0.29, 0.717) is 0 Å². The smallest absolute Gasteiger partial charge is 0.261 e. The minimum Gasteiger partial charge on any atom is -0.405 e. The van der Waals surface area contributed by atoms with Gasteiger partial charge in [0.2, 0.25) is 5.91 Å². The summed E-state index contributed by atoms with van der Waals surface area (Å²) in [5.74, 6) is -2.12. The number of hydrogen-bond acceptors (Lipinski definition) is 6. The van der Waals surface area contributed by atoms with Crippen molar-refractivity contribution in [2.24, 2.45) is 5.11 Å². The second kappa shape index (κ2) is 9.72. The van der Waals surface area contributed by atoms with Crippen LogP contribution in [0.25, 0.3) is 10.4 Å². The molecular formula is C23H31N3O5Si. The number of benzene rings is 2. The number of rotatable bonds is 7. The van der Waals surface area contributed by atoms with Gasteiger partial charge in [-0.2, -0.15) is 0 Å². The maximum absolute atomic E-state index is 10.8. The van der Waals surface area contributed by atoms with E-state index in [1.807, 2.05) is 36.4 Å². The van der Waals surface area contributed by atoms with Gasteiger partial charge in [-0.1, -0.05) is 81.4 Å². The van der Waals surface area contributed by atoms with Crippen molar-refractivity contribution >= 4 is 18.7 Å². The molecule has 0 unspecified atom stereocenters. The first-order valence-corrected chi connectivity index (χ1v) is 12.5. The summed E-state index contributed by atoms with van der Waals surface area (Å²) in [7, 11) is -1.45. The summed E-state index contributed by atoms with van der Waals surface area (Å²) in [5.41, 5.74) is 8.85. The Bertz CT molecular complexity index is 894. The molecular weight excluding hydrogens is 426 g/mol. The Morgan fingerprint density at radius 2 is 1.66 bits per heavy atom. The lowest BCUT2D eigenvalue weighted by atomic mass is 10.00. The Kier molecular flexibility index (Phi) is 7.42. The number of hydrogen-bond donors (Lipinski definition) is 2. The fraction of sp³-hybridized carbons (Fsp3) is 0.478. The molecule has 0 spiro atoms. The van der Waals surface area contributed by atoms with Crippen LogP contribution >= 0.6 is 0 Å². The number of ether oxygens (including phenoxy) is 2. The lowest BCUT2D eigenvalue weighted by molar-refractivity contribution is -0.303. The van der Waals surface area contributed by atoms with Gasteiger partial charge in [-0.25, -0.2) is 0 Å². The van der Waals surface area contributed by atoms with Crippen LogP contribution in [0.1, 0.15) is 27.2 Å². The van der Waals surface area contributed by atoms with Crippen LogP contribution in [0.2, 0.25) is 5.04 Å². The van der Waals surface area contributed by atoms with Crippen molar-refractivity contribution in [2.45, 2.75) is 56.5 Å². The number of aliphatic hydroxyl groups is 2. The van der Waals surface area contributed by atoms with Crippen LogP contribution in [0.3, 0.4) is 0 Å². The zero-order valence-corrected chi connectivity index (χ0v) is 19.9. The molecule has 1 aliphatic heterocycles. The highest BCUT2D eigenvalue weighted by Gasteiger charge is 2.52. The molecule has 1 heterocycles. The maximum Gasteiger partial charge on any atom is 0.261 e. The molecule has 2 N–H and O–H groups in total. The van der Waals surface area contributed by atoms with Crippen molar-refractivity contribution in [3.63, 3.8) is 0 Å². The minimum absolute atomic E-state index is 0.0163. The molecule has 0 aliphatic carbocycles. The molecule has 1 saturated heterocycles. The largest absolute Gasteiger partial charge is 0.405 e. The number of nitrogens with zero attached hydrogens (tertiary/aromatic N) is 3. The van der Waals surface area contributed by atoms with Crippen LogP contribution in [0.15, 0.2) is 65.8 Å². The Morgan fingerprint density at radius 3 is 2.09 bits per heavy atom. The Hall–Kier alpha value is -2.23. The second-order valence-corrected chi connectivity index (χ2v) is 13.3.